The van der Waals surface area contributed by atoms with Gasteiger partial charge in [0.1, 0.15) is 5.78 Å². The number of allylic oxidation sites excluding steroid dienone is 4. The molecule has 0 saturated carbocycles. The van der Waals surface area contributed by atoms with Gasteiger partial charge < -0.3 is 0 Å². The lowest BCUT2D eigenvalue weighted by Gasteiger charge is -2.35. The molecule has 1 aliphatic carbocycles. The third-order valence-electron chi connectivity index (χ3n) is 2.80. The molecule has 0 amide bonds. The summed E-state index contributed by atoms with van der Waals surface area (Å²) in [7, 11) is 0. The molecule has 0 fully saturated rings. The van der Waals surface area contributed by atoms with Gasteiger partial charge in [0, 0.05) is 12.3 Å². The average molecular weight is 190 g/mol. The van der Waals surface area contributed by atoms with Gasteiger partial charge in [-0.1, -0.05) is 38.7 Å². The van der Waals surface area contributed by atoms with Crippen molar-refractivity contribution in [2.75, 3.05) is 0 Å². The molecule has 0 aromatic rings. The van der Waals surface area contributed by atoms with Gasteiger partial charge in [-0.25, -0.2) is 0 Å². The van der Waals surface area contributed by atoms with Gasteiger partial charge >= 0.3 is 0 Å². The second kappa shape index (κ2) is 3.95. The molecule has 1 heteroatoms. The highest BCUT2D eigenvalue weighted by Gasteiger charge is 2.36. The first-order valence-corrected chi connectivity index (χ1v) is 4.98. The Bertz CT molecular complexity index is 294. The molecule has 0 N–H and O–H groups in total. The van der Waals surface area contributed by atoms with Crippen LogP contribution in [0.5, 0.6) is 0 Å². The van der Waals surface area contributed by atoms with Crippen molar-refractivity contribution in [3.05, 3.63) is 37.0 Å². The van der Waals surface area contributed by atoms with Crippen LogP contribution in [0.4, 0.5) is 0 Å². The monoisotopic (exact) mass is 190 g/mol. The zero-order valence-corrected chi connectivity index (χ0v) is 9.05. The minimum absolute atomic E-state index is 0.00588. The summed E-state index contributed by atoms with van der Waals surface area (Å²) < 4.78 is 0. The quantitative estimate of drug-likeness (QED) is 0.624. The van der Waals surface area contributed by atoms with E-state index < -0.39 is 0 Å². The summed E-state index contributed by atoms with van der Waals surface area (Å²) in [4.78, 5) is 11.9. The van der Waals surface area contributed by atoms with E-state index in [1.54, 1.807) is 6.08 Å². The molecule has 0 bridgehead atoms. The third kappa shape index (κ3) is 2.03. The van der Waals surface area contributed by atoms with Gasteiger partial charge in [-0.2, -0.15) is 0 Å². The molecule has 1 rings (SSSR count). The summed E-state index contributed by atoms with van der Waals surface area (Å²) in [6.45, 7) is 11.8. The van der Waals surface area contributed by atoms with Crippen molar-refractivity contribution >= 4 is 5.78 Å². The van der Waals surface area contributed by atoms with Crippen LogP contribution in [0, 0.1) is 11.3 Å². The first kappa shape index (κ1) is 11.0. The number of carbonyl (C=O) groups is 1. The van der Waals surface area contributed by atoms with Crippen LogP contribution in [0.3, 0.4) is 0 Å². The first-order valence-electron chi connectivity index (χ1n) is 4.98. The summed E-state index contributed by atoms with van der Waals surface area (Å²) in [5.41, 5.74) is 0.944. The molecule has 0 heterocycles. The molecule has 0 radical (unpaired) electrons. The SMILES string of the molecule is C=CCC(=O)C1C(=C)C=CCC1(C)C. The van der Waals surface area contributed by atoms with E-state index in [0.29, 0.717) is 6.42 Å². The Labute approximate surface area is 86.2 Å². The molecule has 0 aliphatic heterocycles. The van der Waals surface area contributed by atoms with Crippen molar-refractivity contribution in [2.24, 2.45) is 11.3 Å². The molecule has 1 atom stereocenters. The van der Waals surface area contributed by atoms with E-state index in [-0.39, 0.29) is 17.1 Å². The van der Waals surface area contributed by atoms with Crippen LogP contribution in [0.2, 0.25) is 0 Å². The van der Waals surface area contributed by atoms with Crippen LogP contribution >= 0.6 is 0 Å². The topological polar surface area (TPSA) is 17.1 Å². The van der Waals surface area contributed by atoms with Crippen LogP contribution < -0.4 is 0 Å². The van der Waals surface area contributed by atoms with Crippen molar-refractivity contribution in [1.82, 2.24) is 0 Å². The molecule has 1 aliphatic rings. The van der Waals surface area contributed by atoms with E-state index in [1.165, 1.54) is 0 Å². The fourth-order valence-corrected chi connectivity index (χ4v) is 2.13. The number of Topliss-reactive ketones (excluding diaryl/α,β-unsaturated/α-hetero) is 1. The minimum atomic E-state index is -0.0366. The minimum Gasteiger partial charge on any atom is -0.299 e. The lowest BCUT2D eigenvalue weighted by molar-refractivity contribution is -0.123. The summed E-state index contributed by atoms with van der Waals surface area (Å²) in [5, 5.41) is 0. The van der Waals surface area contributed by atoms with Gasteiger partial charge in [0.15, 0.2) is 0 Å². The van der Waals surface area contributed by atoms with Gasteiger partial charge in [-0.05, 0) is 17.4 Å². The summed E-state index contributed by atoms with van der Waals surface area (Å²) in [6.07, 6.45) is 7.13. The number of hydrogen-bond acceptors (Lipinski definition) is 1. The Morgan fingerprint density at radius 3 is 2.86 bits per heavy atom. The largest absolute Gasteiger partial charge is 0.299 e. The van der Waals surface area contributed by atoms with Crippen LogP contribution in [0.1, 0.15) is 26.7 Å². The Hall–Kier alpha value is -1.11. The molecule has 0 aromatic carbocycles. The molecule has 0 aromatic heterocycles. The molecule has 1 unspecified atom stereocenters. The molecule has 0 saturated heterocycles. The maximum absolute atomic E-state index is 11.9. The van der Waals surface area contributed by atoms with E-state index in [2.05, 4.69) is 33.1 Å². The van der Waals surface area contributed by atoms with Crippen molar-refractivity contribution < 1.29 is 4.79 Å². The highest BCUT2D eigenvalue weighted by molar-refractivity contribution is 5.86. The lowest BCUT2D eigenvalue weighted by atomic mass is 9.67. The third-order valence-corrected chi connectivity index (χ3v) is 2.80. The number of hydrogen-bond donors (Lipinski definition) is 0. The summed E-state index contributed by atoms with van der Waals surface area (Å²) in [6, 6.07) is 0. The second-order valence-corrected chi connectivity index (χ2v) is 4.56. The predicted octanol–water partition coefficient (Wildman–Crippen LogP) is 3.29. The molecule has 1 nitrogen and oxygen atoms in total. The van der Waals surface area contributed by atoms with E-state index in [0.717, 1.165) is 12.0 Å². The second-order valence-electron chi connectivity index (χ2n) is 4.56. The van der Waals surface area contributed by atoms with E-state index in [4.69, 9.17) is 0 Å². The first-order chi connectivity index (χ1) is 6.49. The van der Waals surface area contributed by atoms with Crippen molar-refractivity contribution in [3.8, 4) is 0 Å². The van der Waals surface area contributed by atoms with Gasteiger partial charge in [0.25, 0.3) is 0 Å². The van der Waals surface area contributed by atoms with Gasteiger partial charge in [-0.3, -0.25) is 4.79 Å². The molecular weight excluding hydrogens is 172 g/mol. The van der Waals surface area contributed by atoms with E-state index in [9.17, 15) is 4.79 Å². The highest BCUT2D eigenvalue weighted by atomic mass is 16.1. The molecule has 0 spiro atoms. The smallest absolute Gasteiger partial charge is 0.144 e. The Morgan fingerprint density at radius 1 is 1.71 bits per heavy atom. The zero-order chi connectivity index (χ0) is 10.8. The number of ketones is 1. The Balaban J connectivity index is 2.93. The maximum Gasteiger partial charge on any atom is 0.144 e. The fraction of sp³-hybridized carbons (Fsp3) is 0.462. The van der Waals surface area contributed by atoms with E-state index >= 15 is 0 Å². The lowest BCUT2D eigenvalue weighted by Crippen LogP contribution is -2.33. The van der Waals surface area contributed by atoms with Crippen LogP contribution in [-0.4, -0.2) is 5.78 Å². The van der Waals surface area contributed by atoms with Crippen molar-refractivity contribution in [2.45, 2.75) is 26.7 Å². The van der Waals surface area contributed by atoms with Gasteiger partial charge in [0.2, 0.25) is 0 Å². The van der Waals surface area contributed by atoms with Crippen LogP contribution in [0.15, 0.2) is 37.0 Å². The fourth-order valence-electron chi connectivity index (χ4n) is 2.13. The molecule has 76 valence electrons. The average Bonchev–Trinajstić information content (AvgIpc) is 2.02. The standard InChI is InChI=1S/C13H18O/c1-5-7-11(14)12-10(2)8-6-9-13(12,3)4/h5-6,8,12H,1-2,7,9H2,3-4H3. The van der Waals surface area contributed by atoms with Gasteiger partial charge in [0.05, 0.1) is 0 Å². The van der Waals surface area contributed by atoms with E-state index in [1.807, 2.05) is 6.08 Å². The van der Waals surface area contributed by atoms with Crippen LogP contribution in [0.25, 0.3) is 0 Å². The van der Waals surface area contributed by atoms with Crippen molar-refractivity contribution in [3.63, 3.8) is 0 Å². The molecular formula is C13H18O. The van der Waals surface area contributed by atoms with Crippen LogP contribution in [-0.2, 0) is 4.79 Å². The number of rotatable bonds is 3. The highest BCUT2D eigenvalue weighted by Crippen LogP contribution is 2.40. The maximum atomic E-state index is 11.9. The Morgan fingerprint density at radius 2 is 2.36 bits per heavy atom. The molecule has 14 heavy (non-hydrogen) atoms. The van der Waals surface area contributed by atoms with Crippen molar-refractivity contribution in [1.29, 1.82) is 0 Å². The van der Waals surface area contributed by atoms with Gasteiger partial charge in [-0.15, -0.1) is 6.58 Å². The Kier molecular flexibility index (Phi) is 3.10. The zero-order valence-electron chi connectivity index (χ0n) is 9.05. The summed E-state index contributed by atoms with van der Waals surface area (Å²) in [5.74, 6) is 0.199. The number of carbonyl (C=O) groups excluding carboxylic acids is 1. The predicted molar refractivity (Wildman–Crippen MR) is 60.0 cm³/mol. The summed E-state index contributed by atoms with van der Waals surface area (Å²) >= 11 is 0. The normalized spacial score (nSPS) is 24.7.